The number of aliphatic carboxylic acids is 1. The maximum atomic E-state index is 12.6. The number of nitrogens with zero attached hydrogens (tertiary/aromatic N) is 1. The molecule has 0 saturated heterocycles. The lowest BCUT2D eigenvalue weighted by Crippen LogP contribution is -2.45. The number of rotatable bonds is 7. The molecule has 1 N–H and O–H groups in total. The van der Waals surface area contributed by atoms with Crippen molar-refractivity contribution in [3.8, 4) is 0 Å². The van der Waals surface area contributed by atoms with Crippen molar-refractivity contribution in [1.29, 1.82) is 0 Å². The van der Waals surface area contributed by atoms with Crippen LogP contribution in [0.4, 0.5) is 0 Å². The van der Waals surface area contributed by atoms with Gasteiger partial charge in [-0.15, -0.1) is 0 Å². The lowest BCUT2D eigenvalue weighted by molar-refractivity contribution is -0.150. The molecule has 1 aliphatic rings. The summed E-state index contributed by atoms with van der Waals surface area (Å²) in [5, 5.41) is 9.19. The molecule has 0 bridgehead atoms. The summed E-state index contributed by atoms with van der Waals surface area (Å²) in [5.41, 5.74) is 0. The van der Waals surface area contributed by atoms with Crippen LogP contribution in [-0.2, 0) is 14.3 Å². The molecule has 3 unspecified atom stereocenters. The standard InChI is InChI=1S/C14H25NO4/c1-4-10(2)15(8-9-19-3)13(16)11-6-5-7-12(11)14(17)18/h10-12H,4-9H2,1-3H3,(H,17,18). The highest BCUT2D eigenvalue weighted by Gasteiger charge is 2.40. The second-order valence-corrected chi connectivity index (χ2v) is 5.26. The highest BCUT2D eigenvalue weighted by atomic mass is 16.5. The largest absolute Gasteiger partial charge is 0.481 e. The van der Waals surface area contributed by atoms with Gasteiger partial charge in [0.05, 0.1) is 18.4 Å². The molecular formula is C14H25NO4. The zero-order valence-electron chi connectivity index (χ0n) is 12.1. The Morgan fingerprint density at radius 2 is 2.00 bits per heavy atom. The van der Waals surface area contributed by atoms with Gasteiger partial charge in [0.15, 0.2) is 0 Å². The number of carboxylic acid groups (broad SMARTS) is 1. The summed E-state index contributed by atoms with van der Waals surface area (Å²) in [4.78, 5) is 25.6. The van der Waals surface area contributed by atoms with Crippen LogP contribution in [-0.4, -0.2) is 48.2 Å². The van der Waals surface area contributed by atoms with E-state index in [1.807, 2.05) is 13.8 Å². The predicted octanol–water partition coefficient (Wildman–Crippen LogP) is 1.76. The third-order valence-corrected chi connectivity index (χ3v) is 4.09. The molecule has 5 nitrogen and oxygen atoms in total. The molecule has 0 heterocycles. The van der Waals surface area contributed by atoms with Crippen LogP contribution >= 0.6 is 0 Å². The number of hydrogen-bond acceptors (Lipinski definition) is 3. The Morgan fingerprint density at radius 3 is 2.53 bits per heavy atom. The van der Waals surface area contributed by atoms with Crippen molar-refractivity contribution in [2.75, 3.05) is 20.3 Å². The number of methoxy groups -OCH3 is 1. The molecule has 5 heteroatoms. The van der Waals surface area contributed by atoms with Gasteiger partial charge in [-0.3, -0.25) is 9.59 Å². The minimum absolute atomic E-state index is 0.0173. The highest BCUT2D eigenvalue weighted by Crippen LogP contribution is 2.33. The third kappa shape index (κ3) is 3.93. The van der Waals surface area contributed by atoms with Gasteiger partial charge in [0.25, 0.3) is 0 Å². The van der Waals surface area contributed by atoms with Gasteiger partial charge in [-0.1, -0.05) is 13.3 Å². The number of carboxylic acids is 1. The zero-order valence-corrected chi connectivity index (χ0v) is 12.1. The first kappa shape index (κ1) is 16.0. The van der Waals surface area contributed by atoms with E-state index in [4.69, 9.17) is 4.74 Å². The minimum atomic E-state index is -0.841. The van der Waals surface area contributed by atoms with Crippen molar-refractivity contribution in [1.82, 2.24) is 4.90 Å². The van der Waals surface area contributed by atoms with Crippen LogP contribution in [0.5, 0.6) is 0 Å². The molecule has 0 aromatic carbocycles. The molecule has 110 valence electrons. The molecule has 1 amide bonds. The minimum Gasteiger partial charge on any atom is -0.481 e. The summed E-state index contributed by atoms with van der Waals surface area (Å²) in [6.07, 6.45) is 2.99. The van der Waals surface area contributed by atoms with Crippen LogP contribution < -0.4 is 0 Å². The molecule has 0 spiro atoms. The van der Waals surface area contributed by atoms with E-state index in [0.717, 1.165) is 12.8 Å². The number of ether oxygens (including phenoxy) is 1. The Morgan fingerprint density at radius 1 is 1.37 bits per heavy atom. The molecule has 1 aliphatic carbocycles. The topological polar surface area (TPSA) is 66.8 Å². The maximum Gasteiger partial charge on any atom is 0.307 e. The normalized spacial score (nSPS) is 24.2. The molecule has 0 radical (unpaired) electrons. The number of carbonyl (C=O) groups is 2. The van der Waals surface area contributed by atoms with Gasteiger partial charge in [-0.25, -0.2) is 0 Å². The molecule has 19 heavy (non-hydrogen) atoms. The molecule has 1 saturated carbocycles. The van der Waals surface area contributed by atoms with E-state index < -0.39 is 11.9 Å². The third-order valence-electron chi connectivity index (χ3n) is 4.09. The van der Waals surface area contributed by atoms with E-state index in [1.54, 1.807) is 12.0 Å². The van der Waals surface area contributed by atoms with Gasteiger partial charge in [-0.05, 0) is 26.2 Å². The number of hydrogen-bond donors (Lipinski definition) is 1. The van der Waals surface area contributed by atoms with Crippen molar-refractivity contribution in [3.05, 3.63) is 0 Å². The summed E-state index contributed by atoms with van der Waals surface area (Å²) in [5.74, 6) is -1.73. The fraction of sp³-hybridized carbons (Fsp3) is 0.857. The Kier molecular flexibility index (Phi) is 6.28. The number of carbonyl (C=O) groups excluding carboxylic acids is 1. The van der Waals surface area contributed by atoms with Crippen molar-refractivity contribution < 1.29 is 19.4 Å². The monoisotopic (exact) mass is 271 g/mol. The Hall–Kier alpha value is -1.10. The lowest BCUT2D eigenvalue weighted by atomic mass is 9.94. The Balaban J connectivity index is 2.77. The van der Waals surface area contributed by atoms with E-state index in [1.165, 1.54) is 0 Å². The van der Waals surface area contributed by atoms with E-state index in [0.29, 0.717) is 26.0 Å². The summed E-state index contributed by atoms with van der Waals surface area (Å²) < 4.78 is 5.04. The van der Waals surface area contributed by atoms with Gasteiger partial charge >= 0.3 is 5.97 Å². The van der Waals surface area contributed by atoms with Gasteiger partial charge in [0.2, 0.25) is 5.91 Å². The Bertz CT molecular complexity index is 319. The average molecular weight is 271 g/mol. The first-order chi connectivity index (χ1) is 9.02. The van der Waals surface area contributed by atoms with Crippen molar-refractivity contribution in [2.45, 2.75) is 45.6 Å². The van der Waals surface area contributed by atoms with Crippen molar-refractivity contribution in [3.63, 3.8) is 0 Å². The van der Waals surface area contributed by atoms with Crippen LogP contribution in [0.1, 0.15) is 39.5 Å². The zero-order chi connectivity index (χ0) is 14.4. The van der Waals surface area contributed by atoms with E-state index in [-0.39, 0.29) is 17.9 Å². The first-order valence-corrected chi connectivity index (χ1v) is 7.05. The first-order valence-electron chi connectivity index (χ1n) is 7.05. The molecule has 3 atom stereocenters. The van der Waals surface area contributed by atoms with Crippen LogP contribution in [0.15, 0.2) is 0 Å². The van der Waals surface area contributed by atoms with E-state index in [9.17, 15) is 14.7 Å². The van der Waals surface area contributed by atoms with Gasteiger partial charge in [0, 0.05) is 19.7 Å². The van der Waals surface area contributed by atoms with E-state index >= 15 is 0 Å². The predicted molar refractivity (Wildman–Crippen MR) is 71.8 cm³/mol. The SMILES string of the molecule is CCC(C)N(CCOC)C(=O)C1CCCC1C(=O)O. The summed E-state index contributed by atoms with van der Waals surface area (Å²) in [6.45, 7) is 5.05. The lowest BCUT2D eigenvalue weighted by Gasteiger charge is -2.32. The second-order valence-electron chi connectivity index (χ2n) is 5.26. The molecule has 0 aliphatic heterocycles. The van der Waals surface area contributed by atoms with Crippen LogP contribution in [0.3, 0.4) is 0 Å². The van der Waals surface area contributed by atoms with Gasteiger partial charge in [0.1, 0.15) is 0 Å². The maximum absolute atomic E-state index is 12.6. The quantitative estimate of drug-likeness (QED) is 0.766. The summed E-state index contributed by atoms with van der Waals surface area (Å²) in [6, 6.07) is 0.123. The molecular weight excluding hydrogens is 246 g/mol. The fourth-order valence-corrected chi connectivity index (χ4v) is 2.72. The molecule has 0 aromatic rings. The molecule has 1 fully saturated rings. The highest BCUT2D eigenvalue weighted by molar-refractivity contribution is 5.85. The second kappa shape index (κ2) is 7.48. The average Bonchev–Trinajstić information content (AvgIpc) is 2.87. The van der Waals surface area contributed by atoms with Gasteiger partial charge < -0.3 is 14.7 Å². The smallest absolute Gasteiger partial charge is 0.307 e. The fourth-order valence-electron chi connectivity index (χ4n) is 2.72. The van der Waals surface area contributed by atoms with Gasteiger partial charge in [-0.2, -0.15) is 0 Å². The van der Waals surface area contributed by atoms with Crippen LogP contribution in [0.2, 0.25) is 0 Å². The summed E-state index contributed by atoms with van der Waals surface area (Å²) in [7, 11) is 1.61. The van der Waals surface area contributed by atoms with Crippen molar-refractivity contribution in [2.24, 2.45) is 11.8 Å². The van der Waals surface area contributed by atoms with Crippen LogP contribution in [0.25, 0.3) is 0 Å². The molecule has 0 aromatic heterocycles. The molecule has 1 rings (SSSR count). The van der Waals surface area contributed by atoms with Crippen molar-refractivity contribution >= 4 is 11.9 Å². The Labute approximate surface area is 114 Å². The van der Waals surface area contributed by atoms with E-state index in [2.05, 4.69) is 0 Å². The van der Waals surface area contributed by atoms with Crippen LogP contribution in [0, 0.1) is 11.8 Å². The number of amides is 1. The summed E-state index contributed by atoms with van der Waals surface area (Å²) >= 11 is 0.